The van der Waals surface area contributed by atoms with Crippen LogP contribution in [0.15, 0.2) is 41.3 Å². The van der Waals surface area contributed by atoms with Crippen molar-refractivity contribution in [2.24, 2.45) is 5.92 Å². The molecule has 0 heterocycles. The van der Waals surface area contributed by atoms with E-state index in [1.807, 2.05) is 0 Å². The largest absolute Gasteiger partial charge is 0.481 e. The van der Waals surface area contributed by atoms with Gasteiger partial charge in [-0.3, -0.25) is 9.59 Å². The third-order valence-corrected chi connectivity index (χ3v) is 6.26. The molecule has 0 aromatic heterocycles. The Kier molecular flexibility index (Phi) is 6.57. The average molecular weight is 426 g/mol. The quantitative estimate of drug-likeness (QED) is 0.653. The van der Waals surface area contributed by atoms with Crippen LogP contribution in [0.25, 0.3) is 0 Å². The lowest BCUT2D eigenvalue weighted by Gasteiger charge is -2.26. The Morgan fingerprint density at radius 1 is 1.11 bits per heavy atom. The molecule has 2 atom stereocenters. The highest BCUT2D eigenvalue weighted by Gasteiger charge is 2.28. The van der Waals surface area contributed by atoms with Crippen LogP contribution in [-0.2, 0) is 4.79 Å². The fraction of sp³-hybridized carbons (Fsp3) is 0.300. The van der Waals surface area contributed by atoms with Crippen LogP contribution in [-0.4, -0.2) is 22.2 Å². The normalized spacial score (nSPS) is 19.2. The SMILES string of the molecule is O=C(Nc1ccc(F)c(Cl)c1)c1ccc(F)c(S[C@H]2CCCC(C(=O)O)C2)c1. The number of amides is 1. The molecule has 0 radical (unpaired) electrons. The Hall–Kier alpha value is -2.12. The summed E-state index contributed by atoms with van der Waals surface area (Å²) < 4.78 is 27.5. The van der Waals surface area contributed by atoms with Gasteiger partial charge in [-0.1, -0.05) is 18.0 Å². The molecule has 1 saturated carbocycles. The smallest absolute Gasteiger partial charge is 0.306 e. The third-order valence-electron chi connectivity index (χ3n) is 4.64. The van der Waals surface area contributed by atoms with Crippen LogP contribution in [0, 0.1) is 17.6 Å². The number of anilines is 1. The van der Waals surface area contributed by atoms with Gasteiger partial charge in [0.1, 0.15) is 11.6 Å². The van der Waals surface area contributed by atoms with E-state index in [9.17, 15) is 23.5 Å². The molecule has 1 unspecified atom stereocenters. The third kappa shape index (κ3) is 5.02. The Bertz CT molecular complexity index is 909. The molecule has 1 fully saturated rings. The molecule has 0 aliphatic heterocycles. The number of carbonyl (C=O) groups is 2. The van der Waals surface area contributed by atoms with Gasteiger partial charge < -0.3 is 10.4 Å². The van der Waals surface area contributed by atoms with Gasteiger partial charge in [-0.2, -0.15) is 0 Å². The van der Waals surface area contributed by atoms with Crippen molar-refractivity contribution >= 4 is 40.9 Å². The summed E-state index contributed by atoms with van der Waals surface area (Å²) >= 11 is 6.98. The average Bonchev–Trinajstić information content (AvgIpc) is 2.66. The number of rotatable bonds is 5. The van der Waals surface area contributed by atoms with Gasteiger partial charge in [-0.15, -0.1) is 11.8 Å². The molecule has 28 heavy (non-hydrogen) atoms. The lowest BCUT2D eigenvalue weighted by atomic mass is 9.89. The molecule has 0 saturated heterocycles. The van der Waals surface area contributed by atoms with Crippen LogP contribution in [0.4, 0.5) is 14.5 Å². The summed E-state index contributed by atoms with van der Waals surface area (Å²) in [6.45, 7) is 0. The number of halogens is 3. The number of hydrogen-bond donors (Lipinski definition) is 2. The molecule has 1 aliphatic rings. The first-order chi connectivity index (χ1) is 13.3. The molecule has 0 spiro atoms. The maximum absolute atomic E-state index is 14.2. The van der Waals surface area contributed by atoms with Gasteiger partial charge in [-0.25, -0.2) is 8.78 Å². The molecule has 2 N–H and O–H groups in total. The van der Waals surface area contributed by atoms with Crippen molar-refractivity contribution in [3.8, 4) is 0 Å². The molecule has 2 aromatic carbocycles. The van der Waals surface area contributed by atoms with E-state index in [1.165, 1.54) is 42.1 Å². The lowest BCUT2D eigenvalue weighted by molar-refractivity contribution is -0.142. The number of carboxylic acid groups (broad SMARTS) is 1. The number of hydrogen-bond acceptors (Lipinski definition) is 3. The van der Waals surface area contributed by atoms with Crippen LogP contribution in [0.1, 0.15) is 36.0 Å². The van der Waals surface area contributed by atoms with E-state index in [2.05, 4.69) is 5.32 Å². The van der Waals surface area contributed by atoms with E-state index in [0.29, 0.717) is 23.4 Å². The van der Waals surface area contributed by atoms with Crippen molar-refractivity contribution in [2.75, 3.05) is 5.32 Å². The minimum atomic E-state index is -0.822. The highest BCUT2D eigenvalue weighted by Crippen LogP contribution is 2.37. The molecule has 1 aliphatic carbocycles. The van der Waals surface area contributed by atoms with Crippen molar-refractivity contribution in [1.29, 1.82) is 0 Å². The zero-order valence-corrected chi connectivity index (χ0v) is 16.3. The van der Waals surface area contributed by atoms with Crippen molar-refractivity contribution in [1.82, 2.24) is 0 Å². The highest BCUT2D eigenvalue weighted by atomic mass is 35.5. The number of nitrogens with one attached hydrogen (secondary N) is 1. The molecule has 148 valence electrons. The maximum atomic E-state index is 14.2. The van der Waals surface area contributed by atoms with Crippen LogP contribution in [0.5, 0.6) is 0 Å². The Balaban J connectivity index is 1.72. The van der Waals surface area contributed by atoms with Gasteiger partial charge in [0.25, 0.3) is 5.91 Å². The zero-order valence-electron chi connectivity index (χ0n) is 14.8. The number of carboxylic acids is 1. The predicted octanol–water partition coefficient (Wildman–Crippen LogP) is 5.61. The van der Waals surface area contributed by atoms with E-state index in [1.54, 1.807) is 0 Å². The second-order valence-electron chi connectivity index (χ2n) is 6.67. The second-order valence-corrected chi connectivity index (χ2v) is 8.42. The Morgan fingerprint density at radius 3 is 2.57 bits per heavy atom. The Morgan fingerprint density at radius 2 is 1.86 bits per heavy atom. The van der Waals surface area contributed by atoms with Crippen LogP contribution < -0.4 is 5.32 Å². The lowest BCUT2D eigenvalue weighted by Crippen LogP contribution is -2.24. The van der Waals surface area contributed by atoms with Crippen molar-refractivity contribution in [3.05, 3.63) is 58.6 Å². The molecule has 4 nitrogen and oxygen atoms in total. The first-order valence-corrected chi connectivity index (χ1v) is 10.0. The van der Waals surface area contributed by atoms with E-state index in [4.69, 9.17) is 11.6 Å². The fourth-order valence-electron chi connectivity index (χ4n) is 3.17. The van der Waals surface area contributed by atoms with Gasteiger partial charge in [0.2, 0.25) is 0 Å². The number of thioether (sulfide) groups is 1. The van der Waals surface area contributed by atoms with Crippen molar-refractivity contribution < 1.29 is 23.5 Å². The topological polar surface area (TPSA) is 66.4 Å². The molecular weight excluding hydrogens is 408 g/mol. The second kappa shape index (κ2) is 8.92. The zero-order chi connectivity index (χ0) is 20.3. The number of carbonyl (C=O) groups excluding carboxylic acids is 1. The van der Waals surface area contributed by atoms with Gasteiger partial charge in [0, 0.05) is 21.4 Å². The van der Waals surface area contributed by atoms with Gasteiger partial charge in [0.05, 0.1) is 10.9 Å². The summed E-state index contributed by atoms with van der Waals surface area (Å²) in [6, 6.07) is 7.85. The fourth-order valence-corrected chi connectivity index (χ4v) is 4.70. The van der Waals surface area contributed by atoms with E-state index < -0.39 is 29.4 Å². The molecule has 8 heteroatoms. The number of benzene rings is 2. The van der Waals surface area contributed by atoms with Gasteiger partial charge >= 0.3 is 5.97 Å². The molecule has 1 amide bonds. The summed E-state index contributed by atoms with van der Waals surface area (Å²) in [5.41, 5.74) is 0.571. The van der Waals surface area contributed by atoms with Crippen molar-refractivity contribution in [3.63, 3.8) is 0 Å². The Labute approximate surface area is 170 Å². The van der Waals surface area contributed by atoms with Crippen molar-refractivity contribution in [2.45, 2.75) is 35.8 Å². The standard InChI is InChI=1S/C20H18ClF2NO3S/c21-15-10-13(5-7-16(15)22)24-19(25)11-4-6-17(23)18(9-11)28-14-3-1-2-12(8-14)20(26)27/h4-7,9-10,12,14H,1-3,8H2,(H,24,25)(H,26,27)/t12?,14-/m0/s1. The number of aliphatic carboxylic acids is 1. The summed E-state index contributed by atoms with van der Waals surface area (Å²) in [5, 5.41) is 11.7. The summed E-state index contributed by atoms with van der Waals surface area (Å²) in [4.78, 5) is 24.0. The minimum Gasteiger partial charge on any atom is -0.481 e. The molecular formula is C20H18ClF2NO3S. The predicted molar refractivity (Wildman–Crippen MR) is 105 cm³/mol. The molecule has 2 aromatic rings. The van der Waals surface area contributed by atoms with E-state index in [-0.39, 0.29) is 15.8 Å². The van der Waals surface area contributed by atoms with Crippen LogP contribution in [0.3, 0.4) is 0 Å². The van der Waals surface area contributed by atoms with E-state index in [0.717, 1.165) is 18.9 Å². The maximum Gasteiger partial charge on any atom is 0.306 e. The summed E-state index contributed by atoms with van der Waals surface area (Å²) in [6.07, 6.45) is 2.70. The molecule has 0 bridgehead atoms. The van der Waals surface area contributed by atoms with Crippen LogP contribution >= 0.6 is 23.4 Å². The highest BCUT2D eigenvalue weighted by molar-refractivity contribution is 8.00. The van der Waals surface area contributed by atoms with E-state index >= 15 is 0 Å². The van der Waals surface area contributed by atoms with Gasteiger partial charge in [-0.05, 0) is 55.7 Å². The van der Waals surface area contributed by atoms with Gasteiger partial charge in [0.15, 0.2) is 0 Å². The minimum absolute atomic E-state index is 0.0152. The molecule has 3 rings (SSSR count). The summed E-state index contributed by atoms with van der Waals surface area (Å²) in [5.74, 6) is -2.76. The van der Waals surface area contributed by atoms with Crippen LogP contribution in [0.2, 0.25) is 5.02 Å². The first kappa shape index (κ1) is 20.6. The summed E-state index contributed by atoms with van der Waals surface area (Å²) in [7, 11) is 0. The monoisotopic (exact) mass is 425 g/mol. The first-order valence-electron chi connectivity index (χ1n) is 8.79.